The fraction of sp³-hybridized carbons (Fsp3) is 0.467. The number of tetrazole rings is 1. The molecule has 0 aromatic carbocycles. The van der Waals surface area contributed by atoms with E-state index >= 15 is 0 Å². The molecule has 1 aliphatic rings. The molecule has 1 aliphatic carbocycles. The molecule has 0 bridgehead atoms. The Bertz CT molecular complexity index is 872. The number of nitrogens with zero attached hydrogens (tertiary/aromatic N) is 5. The minimum Gasteiger partial charge on any atom is -0.462 e. The average molecular weight is 378 g/mol. The molecule has 11 heteroatoms. The summed E-state index contributed by atoms with van der Waals surface area (Å²) in [5.41, 5.74) is 2.25. The predicted octanol–water partition coefficient (Wildman–Crippen LogP) is 2.63. The number of nitrogens with one attached hydrogen (secondary N) is 1. The number of anilines is 1. The SMILES string of the molecule is CCOC(=O)c1c(NC(C)=Cn2nnc([N+](=O)[O-])n2)sc2c1CCCC2. The van der Waals surface area contributed by atoms with E-state index in [4.69, 9.17) is 4.74 Å². The highest BCUT2D eigenvalue weighted by Gasteiger charge is 2.26. The Balaban J connectivity index is 1.88. The Hall–Kier alpha value is -2.82. The number of ether oxygens (including phenoxy) is 1. The molecule has 2 heterocycles. The standard InChI is InChI=1S/C15H18N6O4S/c1-3-25-14(22)12-10-6-4-5-7-11(10)26-13(12)16-9(2)8-20-18-15(17-19-20)21(23)24/h8,16H,3-7H2,1-2H3. The van der Waals surface area contributed by atoms with Crippen molar-refractivity contribution in [3.63, 3.8) is 0 Å². The van der Waals surface area contributed by atoms with E-state index in [-0.39, 0.29) is 5.97 Å². The van der Waals surface area contributed by atoms with Crippen molar-refractivity contribution in [1.82, 2.24) is 20.2 Å². The first kappa shape index (κ1) is 18.0. The highest BCUT2D eigenvalue weighted by atomic mass is 32.1. The Labute approximate surface area is 153 Å². The van der Waals surface area contributed by atoms with E-state index in [0.717, 1.165) is 36.0 Å². The topological polar surface area (TPSA) is 125 Å². The molecule has 138 valence electrons. The van der Waals surface area contributed by atoms with Gasteiger partial charge in [0.25, 0.3) is 0 Å². The highest BCUT2D eigenvalue weighted by molar-refractivity contribution is 7.16. The van der Waals surface area contributed by atoms with Crippen molar-refractivity contribution >= 4 is 34.5 Å². The van der Waals surface area contributed by atoms with E-state index in [0.29, 0.717) is 22.9 Å². The van der Waals surface area contributed by atoms with Gasteiger partial charge in [0.1, 0.15) is 5.00 Å². The van der Waals surface area contributed by atoms with Crippen LogP contribution >= 0.6 is 11.3 Å². The van der Waals surface area contributed by atoms with E-state index < -0.39 is 10.9 Å². The van der Waals surface area contributed by atoms with E-state index in [9.17, 15) is 14.9 Å². The van der Waals surface area contributed by atoms with Crippen LogP contribution in [0.25, 0.3) is 6.20 Å². The zero-order valence-electron chi connectivity index (χ0n) is 14.4. The van der Waals surface area contributed by atoms with Gasteiger partial charge in [-0.2, -0.15) is 0 Å². The van der Waals surface area contributed by atoms with E-state index in [2.05, 4.69) is 20.7 Å². The van der Waals surface area contributed by atoms with Crippen molar-refractivity contribution in [2.75, 3.05) is 11.9 Å². The second kappa shape index (κ2) is 7.60. The monoisotopic (exact) mass is 378 g/mol. The van der Waals surface area contributed by atoms with Crippen molar-refractivity contribution in [2.45, 2.75) is 39.5 Å². The van der Waals surface area contributed by atoms with Crippen molar-refractivity contribution < 1.29 is 14.5 Å². The van der Waals surface area contributed by atoms with Crippen LogP contribution in [0.15, 0.2) is 5.70 Å². The van der Waals surface area contributed by atoms with Gasteiger partial charge in [-0.25, -0.2) is 4.79 Å². The summed E-state index contributed by atoms with van der Waals surface area (Å²) in [5, 5.41) is 25.1. The van der Waals surface area contributed by atoms with Crippen LogP contribution in [0.1, 0.15) is 47.5 Å². The van der Waals surface area contributed by atoms with E-state index in [1.807, 2.05) is 0 Å². The first-order valence-corrected chi connectivity index (χ1v) is 9.02. The number of carbonyl (C=O) groups is 1. The van der Waals surface area contributed by atoms with Gasteiger partial charge in [-0.1, -0.05) is 4.80 Å². The molecular formula is C15H18N6O4S. The molecule has 0 saturated carbocycles. The molecule has 1 N–H and O–H groups in total. The van der Waals surface area contributed by atoms with Crippen molar-refractivity contribution in [3.8, 4) is 0 Å². The summed E-state index contributed by atoms with van der Waals surface area (Å²) < 4.78 is 5.22. The molecule has 3 rings (SSSR count). The van der Waals surface area contributed by atoms with Crippen LogP contribution in [-0.2, 0) is 17.6 Å². The summed E-state index contributed by atoms with van der Waals surface area (Å²) in [6.45, 7) is 3.84. The number of aryl methyl sites for hydroxylation is 1. The van der Waals surface area contributed by atoms with E-state index in [1.165, 1.54) is 22.4 Å². The van der Waals surface area contributed by atoms with Gasteiger partial charge in [-0.05, 0) is 50.0 Å². The lowest BCUT2D eigenvalue weighted by atomic mass is 9.95. The number of allylic oxidation sites excluding steroid dienone is 1. The first-order valence-electron chi connectivity index (χ1n) is 8.20. The molecule has 2 aromatic heterocycles. The number of nitro groups is 1. The summed E-state index contributed by atoms with van der Waals surface area (Å²) in [6.07, 6.45) is 5.44. The Kier molecular flexibility index (Phi) is 5.26. The van der Waals surface area contributed by atoms with Gasteiger partial charge in [-0.15, -0.1) is 11.3 Å². The van der Waals surface area contributed by atoms with Crippen LogP contribution in [0, 0.1) is 10.1 Å². The third-order valence-electron chi connectivity index (χ3n) is 3.85. The summed E-state index contributed by atoms with van der Waals surface area (Å²) in [6, 6.07) is 0. The molecular weight excluding hydrogens is 360 g/mol. The fourth-order valence-corrected chi connectivity index (χ4v) is 4.14. The Morgan fingerprint density at radius 2 is 2.23 bits per heavy atom. The molecule has 0 fully saturated rings. The quantitative estimate of drug-likeness (QED) is 0.462. The van der Waals surface area contributed by atoms with Crippen LogP contribution in [0.3, 0.4) is 0 Å². The molecule has 10 nitrogen and oxygen atoms in total. The Morgan fingerprint density at radius 3 is 2.92 bits per heavy atom. The van der Waals surface area contributed by atoms with Crippen molar-refractivity contribution in [1.29, 1.82) is 0 Å². The smallest absolute Gasteiger partial charge is 0.462 e. The van der Waals surface area contributed by atoms with Gasteiger partial charge in [0.05, 0.1) is 33.8 Å². The van der Waals surface area contributed by atoms with Gasteiger partial charge in [0.2, 0.25) is 0 Å². The minimum atomic E-state index is -0.716. The van der Waals surface area contributed by atoms with Crippen LogP contribution in [0.5, 0.6) is 0 Å². The third kappa shape index (κ3) is 3.72. The molecule has 0 saturated heterocycles. The van der Waals surface area contributed by atoms with Gasteiger partial charge >= 0.3 is 11.9 Å². The number of hydrogen-bond acceptors (Lipinski definition) is 9. The minimum absolute atomic E-state index is 0.310. The molecule has 2 aromatic rings. The molecule has 0 radical (unpaired) electrons. The number of esters is 1. The lowest BCUT2D eigenvalue weighted by molar-refractivity contribution is -0.394. The van der Waals surface area contributed by atoms with Crippen molar-refractivity contribution in [3.05, 3.63) is 31.8 Å². The molecule has 0 spiro atoms. The fourth-order valence-electron chi connectivity index (χ4n) is 2.80. The molecule has 0 atom stereocenters. The third-order valence-corrected chi connectivity index (χ3v) is 5.06. The summed E-state index contributed by atoms with van der Waals surface area (Å²) in [7, 11) is 0. The summed E-state index contributed by atoms with van der Waals surface area (Å²) in [4.78, 5) is 24.5. The summed E-state index contributed by atoms with van der Waals surface area (Å²) >= 11 is 1.54. The first-order chi connectivity index (χ1) is 12.5. The van der Waals surface area contributed by atoms with Crippen molar-refractivity contribution in [2.24, 2.45) is 0 Å². The molecule has 26 heavy (non-hydrogen) atoms. The zero-order chi connectivity index (χ0) is 18.7. The predicted molar refractivity (Wildman–Crippen MR) is 95.0 cm³/mol. The van der Waals surface area contributed by atoms with Crippen LogP contribution in [0.2, 0.25) is 0 Å². The molecule has 0 amide bonds. The maximum absolute atomic E-state index is 12.4. The van der Waals surface area contributed by atoms with Gasteiger partial charge in [-0.3, -0.25) is 0 Å². The number of hydrogen-bond donors (Lipinski definition) is 1. The highest BCUT2D eigenvalue weighted by Crippen LogP contribution is 2.39. The summed E-state index contributed by atoms with van der Waals surface area (Å²) in [5.74, 6) is -0.912. The maximum Gasteiger partial charge on any atom is 0.515 e. The number of fused-ring (bicyclic) bond motifs is 1. The van der Waals surface area contributed by atoms with Gasteiger partial charge in [0.15, 0.2) is 0 Å². The number of aromatic nitrogens is 4. The number of rotatable bonds is 6. The number of thiophene rings is 1. The second-order valence-corrected chi connectivity index (χ2v) is 6.84. The lowest BCUT2D eigenvalue weighted by Crippen LogP contribution is -2.11. The van der Waals surface area contributed by atoms with Crippen LogP contribution in [-0.4, -0.2) is 37.7 Å². The number of carbonyl (C=O) groups excluding carboxylic acids is 1. The lowest BCUT2D eigenvalue weighted by Gasteiger charge is -2.12. The maximum atomic E-state index is 12.4. The molecule has 0 unspecified atom stereocenters. The van der Waals surface area contributed by atoms with Crippen LogP contribution in [0.4, 0.5) is 10.9 Å². The van der Waals surface area contributed by atoms with E-state index in [1.54, 1.807) is 13.8 Å². The Morgan fingerprint density at radius 1 is 1.46 bits per heavy atom. The molecule has 0 aliphatic heterocycles. The van der Waals surface area contributed by atoms with Gasteiger partial charge < -0.3 is 20.2 Å². The van der Waals surface area contributed by atoms with Crippen LogP contribution < -0.4 is 5.32 Å². The normalized spacial score (nSPS) is 14.0. The second-order valence-electron chi connectivity index (χ2n) is 5.74. The van der Waals surface area contributed by atoms with Gasteiger partial charge in [0, 0.05) is 10.6 Å². The average Bonchev–Trinajstić information content (AvgIpc) is 3.19. The zero-order valence-corrected chi connectivity index (χ0v) is 15.2. The largest absolute Gasteiger partial charge is 0.515 e.